The summed E-state index contributed by atoms with van der Waals surface area (Å²) >= 11 is 1.49. The molecular formula is C20H25N3O3S. The van der Waals surface area contributed by atoms with Crippen LogP contribution in [0.4, 0.5) is 5.13 Å². The van der Waals surface area contributed by atoms with Gasteiger partial charge in [0, 0.05) is 24.9 Å². The molecule has 1 aliphatic carbocycles. The number of aliphatic hydroxyl groups excluding tert-OH is 1. The first kappa shape index (κ1) is 18.4. The fraction of sp³-hybridized carbons (Fsp3) is 0.550. The highest BCUT2D eigenvalue weighted by molar-refractivity contribution is 7.22. The van der Waals surface area contributed by atoms with Crippen molar-refractivity contribution in [3.63, 3.8) is 0 Å². The molecule has 1 saturated heterocycles. The van der Waals surface area contributed by atoms with Gasteiger partial charge in [-0.1, -0.05) is 30.2 Å². The molecule has 2 aliphatic rings. The number of carbonyl (C=O) groups is 2. The SMILES string of the molecule is Cc1ccc2nc(N3CC(C(=O)NCC4(CO)CCCC4)CC3=O)sc2c1. The van der Waals surface area contributed by atoms with Crippen molar-refractivity contribution < 1.29 is 14.7 Å². The number of thiazole rings is 1. The van der Waals surface area contributed by atoms with Crippen LogP contribution in [0.3, 0.4) is 0 Å². The maximum Gasteiger partial charge on any atom is 0.229 e. The standard InChI is InChI=1S/C20H25N3O3S/c1-13-4-5-15-16(8-13)27-19(22-15)23-10-14(9-17(23)25)18(26)21-11-20(12-24)6-2-3-7-20/h4-5,8,14,24H,2-3,6-7,9-12H2,1H3,(H,21,26). The lowest BCUT2D eigenvalue weighted by Crippen LogP contribution is -2.41. The van der Waals surface area contributed by atoms with Gasteiger partial charge in [-0.25, -0.2) is 4.98 Å². The molecule has 2 fully saturated rings. The zero-order valence-electron chi connectivity index (χ0n) is 15.5. The summed E-state index contributed by atoms with van der Waals surface area (Å²) in [5.74, 6) is -0.505. The number of fused-ring (bicyclic) bond motifs is 1. The number of hydrogen-bond acceptors (Lipinski definition) is 5. The Morgan fingerprint density at radius 2 is 2.19 bits per heavy atom. The van der Waals surface area contributed by atoms with Gasteiger partial charge in [-0.3, -0.25) is 14.5 Å². The van der Waals surface area contributed by atoms with E-state index in [0.717, 1.165) is 41.5 Å². The lowest BCUT2D eigenvalue weighted by atomic mass is 9.87. The van der Waals surface area contributed by atoms with Crippen LogP contribution in [0.25, 0.3) is 10.2 Å². The molecule has 1 aliphatic heterocycles. The van der Waals surface area contributed by atoms with Gasteiger partial charge < -0.3 is 10.4 Å². The molecule has 0 spiro atoms. The third-order valence-electron chi connectivity index (χ3n) is 5.90. The van der Waals surface area contributed by atoms with Crippen LogP contribution in [0.2, 0.25) is 0 Å². The Labute approximate surface area is 162 Å². The van der Waals surface area contributed by atoms with Crippen LogP contribution in [0.1, 0.15) is 37.7 Å². The molecule has 144 valence electrons. The molecule has 0 radical (unpaired) electrons. The second-order valence-electron chi connectivity index (χ2n) is 7.96. The van der Waals surface area contributed by atoms with Crippen molar-refractivity contribution in [2.75, 3.05) is 24.6 Å². The highest BCUT2D eigenvalue weighted by atomic mass is 32.1. The quantitative estimate of drug-likeness (QED) is 0.826. The molecule has 4 rings (SSSR count). The van der Waals surface area contributed by atoms with Crippen LogP contribution < -0.4 is 10.2 Å². The average Bonchev–Trinajstić information content (AvgIpc) is 3.37. The van der Waals surface area contributed by atoms with Crippen LogP contribution in [-0.4, -0.2) is 41.6 Å². The minimum Gasteiger partial charge on any atom is -0.396 e. The van der Waals surface area contributed by atoms with Crippen LogP contribution in [0.5, 0.6) is 0 Å². The summed E-state index contributed by atoms with van der Waals surface area (Å²) in [4.78, 5) is 31.3. The van der Waals surface area contributed by atoms with Crippen molar-refractivity contribution in [3.8, 4) is 0 Å². The number of benzene rings is 1. The number of nitrogens with one attached hydrogen (secondary N) is 1. The summed E-state index contributed by atoms with van der Waals surface area (Å²) in [6.07, 6.45) is 4.31. The maximum absolute atomic E-state index is 12.6. The predicted molar refractivity (Wildman–Crippen MR) is 106 cm³/mol. The second kappa shape index (κ2) is 7.20. The van der Waals surface area contributed by atoms with E-state index in [9.17, 15) is 14.7 Å². The van der Waals surface area contributed by atoms with Gasteiger partial charge in [0.25, 0.3) is 0 Å². The van der Waals surface area contributed by atoms with E-state index in [0.29, 0.717) is 18.2 Å². The molecule has 1 atom stereocenters. The van der Waals surface area contributed by atoms with Crippen molar-refractivity contribution >= 4 is 38.5 Å². The van der Waals surface area contributed by atoms with Crippen LogP contribution in [0, 0.1) is 18.3 Å². The maximum atomic E-state index is 12.6. The first-order valence-electron chi connectivity index (χ1n) is 9.56. The third kappa shape index (κ3) is 3.58. The monoisotopic (exact) mass is 387 g/mol. The fourth-order valence-electron chi connectivity index (χ4n) is 4.14. The van der Waals surface area contributed by atoms with Crippen molar-refractivity contribution in [3.05, 3.63) is 23.8 Å². The number of carbonyl (C=O) groups excluding carboxylic acids is 2. The van der Waals surface area contributed by atoms with Crippen LogP contribution >= 0.6 is 11.3 Å². The van der Waals surface area contributed by atoms with Crippen LogP contribution in [-0.2, 0) is 9.59 Å². The first-order chi connectivity index (χ1) is 13.0. The Bertz CT molecular complexity index is 872. The van der Waals surface area contributed by atoms with E-state index in [1.165, 1.54) is 11.3 Å². The van der Waals surface area contributed by atoms with Crippen molar-refractivity contribution in [2.45, 2.75) is 39.0 Å². The molecule has 0 bridgehead atoms. The number of anilines is 1. The Balaban J connectivity index is 1.42. The van der Waals surface area contributed by atoms with Gasteiger partial charge in [-0.05, 0) is 37.5 Å². The smallest absolute Gasteiger partial charge is 0.229 e. The molecule has 1 unspecified atom stereocenters. The van der Waals surface area contributed by atoms with Gasteiger partial charge in [0.1, 0.15) is 0 Å². The molecule has 1 aromatic heterocycles. The summed E-state index contributed by atoms with van der Waals surface area (Å²) < 4.78 is 1.05. The molecule has 6 nitrogen and oxygen atoms in total. The number of hydrogen-bond donors (Lipinski definition) is 2. The van der Waals surface area contributed by atoms with E-state index < -0.39 is 0 Å². The Hall–Kier alpha value is -1.99. The summed E-state index contributed by atoms with van der Waals surface area (Å²) in [6, 6.07) is 6.04. The summed E-state index contributed by atoms with van der Waals surface area (Å²) in [5.41, 5.74) is 1.86. The van der Waals surface area contributed by atoms with Crippen LogP contribution in [0.15, 0.2) is 18.2 Å². The molecule has 7 heteroatoms. The van der Waals surface area contributed by atoms with Gasteiger partial charge in [-0.15, -0.1) is 0 Å². The second-order valence-corrected chi connectivity index (χ2v) is 8.97. The number of nitrogens with zero attached hydrogens (tertiary/aromatic N) is 2. The number of amides is 2. The number of aliphatic hydroxyl groups is 1. The summed E-state index contributed by atoms with van der Waals surface area (Å²) in [6.45, 7) is 3.00. The number of aromatic nitrogens is 1. The average molecular weight is 388 g/mol. The number of aryl methyl sites for hydroxylation is 1. The zero-order chi connectivity index (χ0) is 19.0. The molecule has 27 heavy (non-hydrogen) atoms. The van der Waals surface area contributed by atoms with Gasteiger partial charge in [0.15, 0.2) is 5.13 Å². The van der Waals surface area contributed by atoms with Gasteiger partial charge in [0.2, 0.25) is 11.8 Å². The number of rotatable bonds is 5. The first-order valence-corrected chi connectivity index (χ1v) is 10.4. The van der Waals surface area contributed by atoms with Gasteiger partial charge >= 0.3 is 0 Å². The predicted octanol–water partition coefficient (Wildman–Crippen LogP) is 2.63. The molecule has 2 N–H and O–H groups in total. The summed E-state index contributed by atoms with van der Waals surface area (Å²) in [7, 11) is 0. The lowest BCUT2D eigenvalue weighted by molar-refractivity contribution is -0.126. The molecule has 1 saturated carbocycles. The normalized spacial score (nSPS) is 21.9. The zero-order valence-corrected chi connectivity index (χ0v) is 16.3. The van der Waals surface area contributed by atoms with E-state index in [1.54, 1.807) is 4.90 Å². The lowest BCUT2D eigenvalue weighted by Gasteiger charge is -2.27. The molecule has 1 aromatic carbocycles. The molecule has 2 heterocycles. The van der Waals surface area contributed by atoms with Gasteiger partial charge in [0.05, 0.1) is 22.7 Å². The molecule has 2 aromatic rings. The molecular weight excluding hydrogens is 362 g/mol. The van der Waals surface area contributed by atoms with Crippen molar-refractivity contribution in [1.29, 1.82) is 0 Å². The topological polar surface area (TPSA) is 82.5 Å². The third-order valence-corrected chi connectivity index (χ3v) is 6.94. The highest BCUT2D eigenvalue weighted by Gasteiger charge is 2.38. The van der Waals surface area contributed by atoms with E-state index in [-0.39, 0.29) is 36.2 Å². The van der Waals surface area contributed by atoms with E-state index >= 15 is 0 Å². The Morgan fingerprint density at radius 1 is 1.41 bits per heavy atom. The highest BCUT2D eigenvalue weighted by Crippen LogP contribution is 2.37. The molecule has 2 amide bonds. The minimum absolute atomic E-state index is 0.0522. The van der Waals surface area contributed by atoms with Crippen molar-refractivity contribution in [1.82, 2.24) is 10.3 Å². The van der Waals surface area contributed by atoms with Crippen molar-refractivity contribution in [2.24, 2.45) is 11.3 Å². The fourth-order valence-corrected chi connectivity index (χ4v) is 5.23. The Morgan fingerprint density at radius 3 is 2.93 bits per heavy atom. The largest absolute Gasteiger partial charge is 0.396 e. The van der Waals surface area contributed by atoms with E-state index in [4.69, 9.17) is 0 Å². The van der Waals surface area contributed by atoms with Gasteiger partial charge in [-0.2, -0.15) is 0 Å². The van der Waals surface area contributed by atoms with E-state index in [1.807, 2.05) is 19.1 Å². The summed E-state index contributed by atoms with van der Waals surface area (Å²) in [5, 5.41) is 13.4. The Kier molecular flexibility index (Phi) is 4.90. The van der Waals surface area contributed by atoms with E-state index in [2.05, 4.69) is 16.4 Å². The minimum atomic E-state index is -0.358.